The van der Waals surface area contributed by atoms with Crippen LogP contribution in [0, 0.1) is 0 Å². The molecule has 0 amide bonds. The molecule has 50 heavy (non-hydrogen) atoms. The minimum Gasteiger partial charge on any atom is -0.456 e. The normalized spacial score (nSPS) is 12.6. The average Bonchev–Trinajstić information content (AvgIpc) is 3.61. The Morgan fingerprint density at radius 2 is 1.26 bits per heavy atom. The number of anilines is 3. The quantitative estimate of drug-likeness (QED) is 0.187. The molecule has 0 saturated carbocycles. The van der Waals surface area contributed by atoms with E-state index in [1.807, 2.05) is 0 Å². The zero-order valence-electron chi connectivity index (χ0n) is 27.3. The third kappa shape index (κ3) is 4.52. The van der Waals surface area contributed by atoms with E-state index in [1.54, 1.807) is 0 Å². The van der Waals surface area contributed by atoms with Gasteiger partial charge in [-0.15, -0.1) is 0 Å². The van der Waals surface area contributed by atoms with Gasteiger partial charge < -0.3 is 13.9 Å². The Balaban J connectivity index is 1.12. The lowest BCUT2D eigenvalue weighted by Crippen LogP contribution is -2.10. The van der Waals surface area contributed by atoms with Crippen molar-refractivity contribution < 1.29 is 4.42 Å². The highest BCUT2D eigenvalue weighted by Gasteiger charge is 2.19. The highest BCUT2D eigenvalue weighted by molar-refractivity contribution is 6.21. The molecule has 7 aromatic carbocycles. The number of benzene rings is 7. The van der Waals surface area contributed by atoms with Crippen LogP contribution in [-0.4, -0.2) is 4.57 Å². The fourth-order valence-electron chi connectivity index (χ4n) is 7.76. The molecular weight excluding hydrogens is 609 g/mol. The van der Waals surface area contributed by atoms with Crippen LogP contribution in [0.2, 0.25) is 0 Å². The van der Waals surface area contributed by atoms with Crippen LogP contribution in [0.25, 0.3) is 72.5 Å². The summed E-state index contributed by atoms with van der Waals surface area (Å²) in [6.07, 6.45) is 9.55. The summed E-state index contributed by atoms with van der Waals surface area (Å²) in [5, 5.41) is 6.23. The fourth-order valence-corrected chi connectivity index (χ4v) is 7.76. The molecule has 2 heterocycles. The molecule has 9 aromatic rings. The Bertz CT molecular complexity index is 2780. The number of rotatable bonds is 5. The van der Waals surface area contributed by atoms with Crippen LogP contribution in [0.4, 0.5) is 17.1 Å². The molecule has 0 atom stereocenters. The standard InChI is InChI=1S/C47H32N2O/c1-3-14-34(15-4-1)48(35-28-25-33(26-29-35)39-21-12-24-45-47(39)41-20-5-2-6-23-44(41)50-45)36-16-11-17-37(31-36)49-42-22-10-9-19-40(42)46-38-18-8-7-13-32(38)27-30-43(46)49/h1,3-31H,2H2. The maximum Gasteiger partial charge on any atom is 0.136 e. The molecule has 0 radical (unpaired) electrons. The molecule has 0 unspecified atom stereocenters. The number of nitrogens with zero attached hydrogens (tertiary/aromatic N) is 2. The molecule has 10 rings (SSSR count). The summed E-state index contributed by atoms with van der Waals surface area (Å²) in [6.45, 7) is 0. The monoisotopic (exact) mass is 640 g/mol. The number of hydrogen-bond acceptors (Lipinski definition) is 2. The van der Waals surface area contributed by atoms with Crippen LogP contribution in [-0.2, 0) is 0 Å². The molecule has 1 aliphatic carbocycles. The van der Waals surface area contributed by atoms with E-state index in [9.17, 15) is 0 Å². The topological polar surface area (TPSA) is 21.3 Å². The Kier molecular flexibility index (Phi) is 6.56. The van der Waals surface area contributed by atoms with E-state index in [4.69, 9.17) is 4.42 Å². The van der Waals surface area contributed by atoms with Crippen molar-refractivity contribution in [3.05, 3.63) is 181 Å². The molecule has 236 valence electrons. The summed E-state index contributed by atoms with van der Waals surface area (Å²) < 4.78 is 8.69. The smallest absolute Gasteiger partial charge is 0.136 e. The average molecular weight is 641 g/mol. The summed E-state index contributed by atoms with van der Waals surface area (Å²) in [6, 6.07) is 56.7. The first-order valence-corrected chi connectivity index (χ1v) is 17.2. The Labute approximate surface area is 290 Å². The van der Waals surface area contributed by atoms with Gasteiger partial charge in [0.1, 0.15) is 11.3 Å². The number of furan rings is 1. The van der Waals surface area contributed by atoms with E-state index in [2.05, 4.69) is 191 Å². The van der Waals surface area contributed by atoms with Crippen LogP contribution in [0.15, 0.2) is 174 Å². The lowest BCUT2D eigenvalue weighted by Gasteiger charge is -2.26. The van der Waals surface area contributed by atoms with E-state index in [0.717, 1.165) is 57.0 Å². The van der Waals surface area contributed by atoms with Crippen LogP contribution in [0.1, 0.15) is 17.7 Å². The number of hydrogen-bond donors (Lipinski definition) is 0. The summed E-state index contributed by atoms with van der Waals surface area (Å²) in [5.74, 6) is 0.921. The number of allylic oxidation sites excluding steroid dienone is 2. The van der Waals surface area contributed by atoms with E-state index in [1.165, 1.54) is 38.1 Å². The van der Waals surface area contributed by atoms with Gasteiger partial charge in [-0.1, -0.05) is 115 Å². The second-order valence-corrected chi connectivity index (χ2v) is 12.9. The first kappa shape index (κ1) is 28.4. The van der Waals surface area contributed by atoms with Crippen molar-refractivity contribution in [1.82, 2.24) is 4.57 Å². The maximum absolute atomic E-state index is 6.28. The lowest BCUT2D eigenvalue weighted by atomic mass is 9.98. The fraction of sp³-hybridized carbons (Fsp3) is 0.0213. The zero-order valence-corrected chi connectivity index (χ0v) is 27.3. The molecule has 2 aromatic heterocycles. The van der Waals surface area contributed by atoms with Crippen LogP contribution < -0.4 is 4.90 Å². The first-order valence-electron chi connectivity index (χ1n) is 17.2. The largest absolute Gasteiger partial charge is 0.456 e. The Morgan fingerprint density at radius 3 is 2.16 bits per heavy atom. The van der Waals surface area contributed by atoms with Gasteiger partial charge in [0, 0.05) is 44.5 Å². The third-order valence-electron chi connectivity index (χ3n) is 9.97. The highest BCUT2D eigenvalue weighted by Crippen LogP contribution is 2.42. The van der Waals surface area contributed by atoms with E-state index in [-0.39, 0.29) is 0 Å². The van der Waals surface area contributed by atoms with Gasteiger partial charge in [-0.3, -0.25) is 0 Å². The predicted octanol–water partition coefficient (Wildman–Crippen LogP) is 13.2. The van der Waals surface area contributed by atoms with Crippen LogP contribution >= 0.6 is 0 Å². The molecule has 3 heteroatoms. The summed E-state index contributed by atoms with van der Waals surface area (Å²) in [7, 11) is 0. The van der Waals surface area contributed by atoms with E-state index < -0.39 is 0 Å². The van der Waals surface area contributed by atoms with Crippen molar-refractivity contribution in [3.8, 4) is 16.8 Å². The van der Waals surface area contributed by atoms with Crippen molar-refractivity contribution in [3.63, 3.8) is 0 Å². The van der Waals surface area contributed by atoms with Gasteiger partial charge >= 0.3 is 0 Å². The van der Waals surface area contributed by atoms with Gasteiger partial charge in [0.15, 0.2) is 0 Å². The van der Waals surface area contributed by atoms with Crippen molar-refractivity contribution in [2.24, 2.45) is 0 Å². The van der Waals surface area contributed by atoms with Crippen molar-refractivity contribution >= 4 is 72.8 Å². The molecule has 0 aliphatic heterocycles. The molecule has 0 saturated heterocycles. The van der Waals surface area contributed by atoms with Crippen molar-refractivity contribution in [2.75, 3.05) is 4.90 Å². The molecule has 1 aliphatic rings. The highest BCUT2D eigenvalue weighted by atomic mass is 16.3. The number of para-hydroxylation sites is 2. The van der Waals surface area contributed by atoms with Gasteiger partial charge in [0.25, 0.3) is 0 Å². The SMILES string of the molecule is C1=Cc2oc3cccc(-c4ccc(N(c5ccccc5)c5cccc(-n6c7ccccc7c7c8ccccc8ccc76)c5)cc4)c3c2C=CC1. The minimum absolute atomic E-state index is 0.909. The van der Waals surface area contributed by atoms with Gasteiger partial charge in [0.05, 0.1) is 11.0 Å². The van der Waals surface area contributed by atoms with Gasteiger partial charge in [0.2, 0.25) is 0 Å². The molecule has 0 fully saturated rings. The summed E-state index contributed by atoms with van der Waals surface area (Å²) in [5.41, 5.74) is 11.2. The molecular formula is C47H32N2O. The predicted molar refractivity (Wildman–Crippen MR) is 211 cm³/mol. The van der Waals surface area contributed by atoms with Crippen molar-refractivity contribution in [1.29, 1.82) is 0 Å². The lowest BCUT2D eigenvalue weighted by molar-refractivity contribution is 0.603. The van der Waals surface area contributed by atoms with Crippen LogP contribution in [0.3, 0.4) is 0 Å². The van der Waals surface area contributed by atoms with Gasteiger partial charge in [-0.25, -0.2) is 0 Å². The number of fused-ring (bicyclic) bond motifs is 8. The summed E-state index contributed by atoms with van der Waals surface area (Å²) in [4.78, 5) is 2.34. The first-order chi connectivity index (χ1) is 24.8. The van der Waals surface area contributed by atoms with E-state index in [0.29, 0.717) is 0 Å². The van der Waals surface area contributed by atoms with Crippen molar-refractivity contribution in [2.45, 2.75) is 6.42 Å². The molecule has 0 spiro atoms. The van der Waals surface area contributed by atoms with Gasteiger partial charge in [-0.2, -0.15) is 0 Å². The zero-order chi connectivity index (χ0) is 33.0. The third-order valence-corrected chi connectivity index (χ3v) is 9.97. The second kappa shape index (κ2) is 11.5. The Hall–Kier alpha value is -6.58. The summed E-state index contributed by atoms with van der Waals surface area (Å²) >= 11 is 0. The van der Waals surface area contributed by atoms with E-state index >= 15 is 0 Å². The maximum atomic E-state index is 6.28. The minimum atomic E-state index is 0.909. The molecule has 0 N–H and O–H groups in total. The molecule has 3 nitrogen and oxygen atoms in total. The number of aromatic nitrogens is 1. The van der Waals surface area contributed by atoms with Gasteiger partial charge in [-0.05, 0) is 95.1 Å². The Morgan fingerprint density at radius 1 is 0.520 bits per heavy atom. The van der Waals surface area contributed by atoms with Crippen LogP contribution in [0.5, 0.6) is 0 Å². The second-order valence-electron chi connectivity index (χ2n) is 12.9. The molecule has 0 bridgehead atoms.